The van der Waals surface area contributed by atoms with Gasteiger partial charge < -0.3 is 4.74 Å². The Morgan fingerprint density at radius 2 is 2.12 bits per heavy atom. The fourth-order valence-electron chi connectivity index (χ4n) is 1.49. The molecule has 0 saturated heterocycles. The van der Waals surface area contributed by atoms with Gasteiger partial charge in [0.15, 0.2) is 5.25 Å². The predicted molar refractivity (Wildman–Crippen MR) is 52.9 cm³/mol. The van der Waals surface area contributed by atoms with Crippen LogP contribution in [0.25, 0.3) is 0 Å². The number of halogens is 3. The number of hydrogen-bond acceptors (Lipinski definition) is 2. The zero-order valence-electron chi connectivity index (χ0n) is 8.38. The van der Waals surface area contributed by atoms with Crippen molar-refractivity contribution in [3.8, 4) is 5.75 Å². The molecule has 0 saturated carbocycles. The average Bonchev–Trinajstić information content (AvgIpc) is 2.17. The van der Waals surface area contributed by atoms with E-state index >= 15 is 0 Å². The lowest BCUT2D eigenvalue weighted by Gasteiger charge is -2.26. The molecule has 2 nitrogen and oxygen atoms in total. The van der Waals surface area contributed by atoms with Crippen molar-refractivity contribution >= 4 is 10.8 Å². The van der Waals surface area contributed by atoms with Gasteiger partial charge in [-0.05, 0) is 24.6 Å². The maximum atomic E-state index is 12.5. The lowest BCUT2D eigenvalue weighted by molar-refractivity contribution is -0.135. The lowest BCUT2D eigenvalue weighted by Crippen LogP contribution is -2.41. The average molecular weight is 250 g/mol. The maximum Gasteiger partial charge on any atom is 0.406 e. The Kier molecular flexibility index (Phi) is 2.69. The third-order valence-corrected chi connectivity index (χ3v) is 4.00. The van der Waals surface area contributed by atoms with E-state index in [1.807, 2.05) is 0 Å². The molecule has 0 fully saturated rings. The van der Waals surface area contributed by atoms with Crippen molar-refractivity contribution in [1.29, 1.82) is 0 Å². The molecule has 1 aliphatic heterocycles. The molecule has 0 N–H and O–H groups in total. The second-order valence-corrected chi connectivity index (χ2v) is 5.19. The fourth-order valence-corrected chi connectivity index (χ4v) is 2.86. The summed E-state index contributed by atoms with van der Waals surface area (Å²) >= 11 is 0. The summed E-state index contributed by atoms with van der Waals surface area (Å²) in [6.45, 7) is 1.15. The van der Waals surface area contributed by atoms with E-state index in [1.54, 1.807) is 19.1 Å². The first kappa shape index (κ1) is 11.4. The maximum absolute atomic E-state index is 12.5. The first-order valence-electron chi connectivity index (χ1n) is 4.60. The predicted octanol–water partition coefficient (Wildman–Crippen LogP) is 2.43. The van der Waals surface area contributed by atoms with Crippen molar-refractivity contribution in [2.45, 2.75) is 23.2 Å². The Labute approximate surface area is 92.9 Å². The van der Waals surface area contributed by atoms with Gasteiger partial charge in [0.2, 0.25) is 0 Å². The van der Waals surface area contributed by atoms with Crippen molar-refractivity contribution in [2.24, 2.45) is 0 Å². The number of alkyl halides is 3. The molecule has 0 aromatic heterocycles. The van der Waals surface area contributed by atoms with Crippen molar-refractivity contribution in [1.82, 2.24) is 0 Å². The number of hydrogen-bond donors (Lipinski definition) is 0. The molecule has 1 heterocycles. The van der Waals surface area contributed by atoms with Gasteiger partial charge in [-0.1, -0.05) is 6.07 Å². The molecule has 2 rings (SSSR count). The van der Waals surface area contributed by atoms with Crippen molar-refractivity contribution < 1.29 is 22.1 Å². The van der Waals surface area contributed by atoms with Crippen LogP contribution in [-0.4, -0.2) is 22.2 Å². The van der Waals surface area contributed by atoms with Gasteiger partial charge in [0.1, 0.15) is 12.4 Å². The van der Waals surface area contributed by atoms with Crippen LogP contribution in [0, 0.1) is 6.92 Å². The van der Waals surface area contributed by atoms with Crippen LogP contribution in [0.3, 0.4) is 0 Å². The highest BCUT2D eigenvalue weighted by atomic mass is 32.2. The normalized spacial score (nSPS) is 24.8. The number of fused-ring (bicyclic) bond motifs is 1. The molecule has 16 heavy (non-hydrogen) atoms. The highest BCUT2D eigenvalue weighted by molar-refractivity contribution is 7.86. The van der Waals surface area contributed by atoms with Gasteiger partial charge in [-0.3, -0.25) is 4.21 Å². The molecular formula is C10H9F3O2S. The molecule has 6 heteroatoms. The number of ether oxygens (including phenoxy) is 1. The monoisotopic (exact) mass is 250 g/mol. The summed E-state index contributed by atoms with van der Waals surface area (Å²) in [5.74, 6) is 0.282. The van der Waals surface area contributed by atoms with Crippen LogP contribution in [0.4, 0.5) is 13.2 Å². The first-order valence-corrected chi connectivity index (χ1v) is 5.81. The van der Waals surface area contributed by atoms with E-state index in [4.69, 9.17) is 4.74 Å². The SMILES string of the molecule is Cc1ccc2c(c1)[S@](=O)[C@@H](C(F)(F)F)CO2. The topological polar surface area (TPSA) is 26.3 Å². The molecule has 0 radical (unpaired) electrons. The Morgan fingerprint density at radius 3 is 2.75 bits per heavy atom. The molecule has 88 valence electrons. The standard InChI is InChI=1S/C10H9F3O2S/c1-6-2-3-7-8(4-6)16(14)9(5-15-7)10(11,12)13/h2-4,9H,5H2,1H3/t9-,16+/m1/s1. The summed E-state index contributed by atoms with van der Waals surface area (Å²) in [6.07, 6.45) is -4.49. The first-order chi connectivity index (χ1) is 7.39. The molecule has 0 unspecified atom stereocenters. The lowest BCUT2D eigenvalue weighted by atomic mass is 10.2. The molecule has 1 aliphatic rings. The summed E-state index contributed by atoms with van der Waals surface area (Å²) in [4.78, 5) is 0.133. The van der Waals surface area contributed by atoms with Gasteiger partial charge in [-0.25, -0.2) is 0 Å². The highest BCUT2D eigenvalue weighted by Gasteiger charge is 2.47. The van der Waals surface area contributed by atoms with Crippen LogP contribution in [0.1, 0.15) is 5.56 Å². The zero-order chi connectivity index (χ0) is 11.9. The van der Waals surface area contributed by atoms with E-state index in [9.17, 15) is 17.4 Å². The van der Waals surface area contributed by atoms with E-state index < -0.39 is 28.8 Å². The van der Waals surface area contributed by atoms with E-state index in [2.05, 4.69) is 0 Å². The summed E-state index contributed by atoms with van der Waals surface area (Å²) < 4.78 is 54.2. The molecule has 0 amide bonds. The summed E-state index contributed by atoms with van der Waals surface area (Å²) in [5.41, 5.74) is 0.763. The third kappa shape index (κ3) is 1.93. The molecule has 0 bridgehead atoms. The quantitative estimate of drug-likeness (QED) is 0.707. The number of benzene rings is 1. The largest absolute Gasteiger partial charge is 0.491 e. The number of aryl methyl sites for hydroxylation is 1. The van der Waals surface area contributed by atoms with Crippen molar-refractivity contribution in [3.63, 3.8) is 0 Å². The van der Waals surface area contributed by atoms with Gasteiger partial charge in [0.25, 0.3) is 0 Å². The summed E-state index contributed by atoms with van der Waals surface area (Å²) in [5, 5.41) is -1.93. The molecule has 0 aliphatic carbocycles. The number of rotatable bonds is 0. The molecule has 1 aromatic carbocycles. The van der Waals surface area contributed by atoms with Crippen LogP contribution in [0.2, 0.25) is 0 Å². The zero-order valence-corrected chi connectivity index (χ0v) is 9.19. The second kappa shape index (κ2) is 3.76. The molecule has 1 aromatic rings. The van der Waals surface area contributed by atoms with E-state index in [0.717, 1.165) is 5.56 Å². The van der Waals surface area contributed by atoms with Crippen LogP contribution in [0.15, 0.2) is 23.1 Å². The van der Waals surface area contributed by atoms with Gasteiger partial charge >= 0.3 is 6.18 Å². The van der Waals surface area contributed by atoms with Crippen LogP contribution in [-0.2, 0) is 10.8 Å². The minimum Gasteiger partial charge on any atom is -0.491 e. The minimum absolute atomic E-state index is 0.133. The van der Waals surface area contributed by atoms with Gasteiger partial charge in [-0.2, -0.15) is 13.2 Å². The van der Waals surface area contributed by atoms with E-state index in [1.165, 1.54) is 6.07 Å². The fraction of sp³-hybridized carbons (Fsp3) is 0.400. The van der Waals surface area contributed by atoms with Crippen molar-refractivity contribution in [3.05, 3.63) is 23.8 Å². The third-order valence-electron chi connectivity index (χ3n) is 2.33. The molecular weight excluding hydrogens is 241 g/mol. The van der Waals surface area contributed by atoms with E-state index in [0.29, 0.717) is 0 Å². The Hall–Kier alpha value is -1.04. The minimum atomic E-state index is -4.49. The van der Waals surface area contributed by atoms with Gasteiger partial charge in [0, 0.05) is 0 Å². The molecule has 2 atom stereocenters. The smallest absolute Gasteiger partial charge is 0.406 e. The summed E-state index contributed by atoms with van der Waals surface area (Å²) in [6, 6.07) is 4.74. The van der Waals surface area contributed by atoms with E-state index in [-0.39, 0.29) is 10.6 Å². The van der Waals surface area contributed by atoms with Crippen LogP contribution >= 0.6 is 0 Å². The Balaban J connectivity index is 2.42. The van der Waals surface area contributed by atoms with Gasteiger partial charge in [-0.15, -0.1) is 0 Å². The van der Waals surface area contributed by atoms with Crippen molar-refractivity contribution in [2.75, 3.05) is 6.61 Å². The van der Waals surface area contributed by atoms with Crippen LogP contribution < -0.4 is 4.74 Å². The Bertz CT molecular complexity index is 442. The second-order valence-electron chi connectivity index (χ2n) is 3.59. The highest BCUT2D eigenvalue weighted by Crippen LogP contribution is 2.36. The summed E-state index contributed by atoms with van der Waals surface area (Å²) in [7, 11) is -2.08. The Morgan fingerprint density at radius 1 is 1.44 bits per heavy atom. The van der Waals surface area contributed by atoms with Crippen LogP contribution in [0.5, 0.6) is 5.75 Å². The molecule has 0 spiro atoms. The van der Waals surface area contributed by atoms with Gasteiger partial charge in [0.05, 0.1) is 15.7 Å².